The Hall–Kier alpha value is -2.41. The van der Waals surface area contributed by atoms with E-state index in [-0.39, 0.29) is 5.91 Å². The molecule has 1 aliphatic heterocycles. The van der Waals surface area contributed by atoms with Gasteiger partial charge >= 0.3 is 0 Å². The molecule has 2 N–H and O–H groups in total. The van der Waals surface area contributed by atoms with Crippen LogP contribution in [0, 0.1) is 5.92 Å². The summed E-state index contributed by atoms with van der Waals surface area (Å²) in [7, 11) is 1.98. The maximum atomic E-state index is 13.1. The SMILES string of the molecule is CNCC1CCN(C(=O)c2cnc(C3CC3)nc2NCc2ccco2)CC1. The monoisotopic (exact) mass is 369 g/mol. The van der Waals surface area contributed by atoms with Crippen molar-refractivity contribution in [2.75, 3.05) is 32.0 Å². The van der Waals surface area contributed by atoms with Gasteiger partial charge in [0.05, 0.1) is 12.8 Å². The van der Waals surface area contributed by atoms with Crippen molar-refractivity contribution in [3.05, 3.63) is 41.7 Å². The van der Waals surface area contributed by atoms with Crippen molar-refractivity contribution in [2.45, 2.75) is 38.1 Å². The fraction of sp³-hybridized carbons (Fsp3) is 0.550. The molecule has 1 saturated carbocycles. The Morgan fingerprint density at radius 1 is 1.30 bits per heavy atom. The van der Waals surface area contributed by atoms with E-state index in [1.807, 2.05) is 24.1 Å². The summed E-state index contributed by atoms with van der Waals surface area (Å²) in [5, 5.41) is 6.52. The van der Waals surface area contributed by atoms with Crippen molar-refractivity contribution in [3.63, 3.8) is 0 Å². The average Bonchev–Trinajstić information content (AvgIpc) is 3.42. The number of nitrogens with zero attached hydrogens (tertiary/aromatic N) is 3. The van der Waals surface area contributed by atoms with Crippen molar-refractivity contribution in [1.29, 1.82) is 0 Å². The Labute approximate surface area is 159 Å². The van der Waals surface area contributed by atoms with Crippen molar-refractivity contribution in [2.24, 2.45) is 5.92 Å². The normalized spacial score (nSPS) is 17.9. The standard InChI is InChI=1S/C20H27N5O2/c1-21-11-14-6-8-25(9-7-14)20(26)17-13-23-18(15-4-5-15)24-19(17)22-12-16-3-2-10-27-16/h2-3,10,13-15,21H,4-9,11-12H2,1H3,(H,22,23,24). The van der Waals surface area contributed by atoms with Crippen LogP contribution in [-0.2, 0) is 6.54 Å². The Balaban J connectivity index is 1.49. The number of hydrogen-bond donors (Lipinski definition) is 2. The van der Waals surface area contributed by atoms with Crippen molar-refractivity contribution >= 4 is 11.7 Å². The highest BCUT2D eigenvalue weighted by molar-refractivity contribution is 5.98. The molecule has 0 bridgehead atoms. The Kier molecular flexibility index (Phi) is 5.38. The van der Waals surface area contributed by atoms with Gasteiger partial charge in [-0.05, 0) is 57.3 Å². The summed E-state index contributed by atoms with van der Waals surface area (Å²) in [5.41, 5.74) is 0.554. The highest BCUT2D eigenvalue weighted by Gasteiger charge is 2.30. The number of likely N-dealkylation sites (tertiary alicyclic amines) is 1. The number of carbonyl (C=O) groups excluding carboxylic acids is 1. The van der Waals surface area contributed by atoms with Gasteiger partial charge in [0, 0.05) is 25.2 Å². The number of aromatic nitrogens is 2. The first-order valence-electron chi connectivity index (χ1n) is 9.81. The van der Waals surface area contributed by atoms with E-state index < -0.39 is 0 Å². The summed E-state index contributed by atoms with van der Waals surface area (Å²) < 4.78 is 5.39. The van der Waals surface area contributed by atoms with E-state index in [2.05, 4.69) is 20.6 Å². The Bertz CT molecular complexity index is 765. The molecule has 7 nitrogen and oxygen atoms in total. The van der Waals surface area contributed by atoms with Gasteiger partial charge in [-0.25, -0.2) is 9.97 Å². The number of nitrogens with one attached hydrogen (secondary N) is 2. The van der Waals surface area contributed by atoms with Gasteiger partial charge < -0.3 is 20.0 Å². The van der Waals surface area contributed by atoms with E-state index in [9.17, 15) is 4.79 Å². The lowest BCUT2D eigenvalue weighted by Crippen LogP contribution is -2.40. The third-order valence-corrected chi connectivity index (χ3v) is 5.39. The summed E-state index contributed by atoms with van der Waals surface area (Å²) >= 11 is 0. The first-order chi connectivity index (χ1) is 13.2. The quantitative estimate of drug-likeness (QED) is 0.781. The molecular weight excluding hydrogens is 342 g/mol. The molecule has 1 aliphatic carbocycles. The topological polar surface area (TPSA) is 83.3 Å². The number of amides is 1. The van der Waals surface area contributed by atoms with Gasteiger partial charge in [0.15, 0.2) is 0 Å². The second-order valence-corrected chi connectivity index (χ2v) is 7.49. The van der Waals surface area contributed by atoms with Gasteiger partial charge in [-0.2, -0.15) is 0 Å². The maximum Gasteiger partial charge on any atom is 0.259 e. The minimum atomic E-state index is 0.0159. The summed E-state index contributed by atoms with van der Waals surface area (Å²) in [4.78, 5) is 24.2. The first kappa shape index (κ1) is 18.0. The van der Waals surface area contributed by atoms with Crippen LogP contribution in [0.4, 0.5) is 5.82 Å². The van der Waals surface area contributed by atoms with Crippen LogP contribution in [0.1, 0.15) is 53.5 Å². The number of hydrogen-bond acceptors (Lipinski definition) is 6. The lowest BCUT2D eigenvalue weighted by molar-refractivity contribution is 0.0691. The summed E-state index contributed by atoms with van der Waals surface area (Å²) in [6.07, 6.45) is 7.67. The predicted octanol–water partition coefficient (Wildman–Crippen LogP) is 2.63. The largest absolute Gasteiger partial charge is 0.467 e. The molecule has 2 aliphatic rings. The number of furan rings is 1. The number of carbonyl (C=O) groups is 1. The van der Waals surface area contributed by atoms with E-state index in [0.717, 1.165) is 56.9 Å². The van der Waals surface area contributed by atoms with E-state index >= 15 is 0 Å². The van der Waals surface area contributed by atoms with E-state index in [0.29, 0.717) is 29.8 Å². The van der Waals surface area contributed by atoms with Crippen LogP contribution in [0.25, 0.3) is 0 Å². The molecular formula is C20H27N5O2. The predicted molar refractivity (Wildman–Crippen MR) is 103 cm³/mol. The van der Waals surface area contributed by atoms with Gasteiger partial charge in [-0.15, -0.1) is 0 Å². The zero-order valence-electron chi connectivity index (χ0n) is 15.8. The van der Waals surface area contributed by atoms with Crippen molar-refractivity contribution < 1.29 is 9.21 Å². The summed E-state index contributed by atoms with van der Waals surface area (Å²) in [5.74, 6) is 3.36. The van der Waals surface area contributed by atoms with E-state index in [1.54, 1.807) is 12.5 Å². The highest BCUT2D eigenvalue weighted by Crippen LogP contribution is 2.38. The molecule has 1 amide bonds. The second kappa shape index (κ2) is 8.08. The summed E-state index contributed by atoms with van der Waals surface area (Å²) in [6, 6.07) is 3.76. The van der Waals surface area contributed by atoms with Crippen molar-refractivity contribution in [3.8, 4) is 0 Å². The average molecular weight is 369 g/mol. The second-order valence-electron chi connectivity index (χ2n) is 7.49. The third-order valence-electron chi connectivity index (χ3n) is 5.39. The van der Waals surface area contributed by atoms with Crippen LogP contribution in [0.5, 0.6) is 0 Å². The molecule has 2 fully saturated rings. The van der Waals surface area contributed by atoms with Crippen LogP contribution < -0.4 is 10.6 Å². The molecule has 0 unspecified atom stereocenters. The molecule has 7 heteroatoms. The third kappa shape index (κ3) is 4.30. The first-order valence-corrected chi connectivity index (χ1v) is 9.81. The molecule has 4 rings (SSSR count). The molecule has 144 valence electrons. The lowest BCUT2D eigenvalue weighted by Gasteiger charge is -2.32. The van der Waals surface area contributed by atoms with Crippen LogP contribution in [0.3, 0.4) is 0 Å². The molecule has 1 saturated heterocycles. The number of anilines is 1. The van der Waals surface area contributed by atoms with Gasteiger partial charge in [-0.1, -0.05) is 0 Å². The van der Waals surface area contributed by atoms with E-state index in [4.69, 9.17) is 4.42 Å². The van der Waals surface area contributed by atoms with Gasteiger partial charge in [0.2, 0.25) is 0 Å². The number of rotatable bonds is 7. The van der Waals surface area contributed by atoms with Gasteiger partial charge in [-0.3, -0.25) is 4.79 Å². The molecule has 3 heterocycles. The molecule has 0 radical (unpaired) electrons. The van der Waals surface area contributed by atoms with Crippen molar-refractivity contribution in [1.82, 2.24) is 20.2 Å². The maximum absolute atomic E-state index is 13.1. The zero-order valence-corrected chi connectivity index (χ0v) is 15.8. The van der Waals surface area contributed by atoms with Crippen LogP contribution in [-0.4, -0.2) is 47.5 Å². The lowest BCUT2D eigenvalue weighted by atomic mass is 9.96. The highest BCUT2D eigenvalue weighted by atomic mass is 16.3. The fourth-order valence-corrected chi connectivity index (χ4v) is 3.61. The molecule has 2 aromatic rings. The number of piperidine rings is 1. The zero-order chi connectivity index (χ0) is 18.6. The fourth-order valence-electron chi connectivity index (χ4n) is 3.61. The molecule has 2 aromatic heterocycles. The summed E-state index contributed by atoms with van der Waals surface area (Å²) in [6.45, 7) is 3.08. The molecule has 0 atom stereocenters. The van der Waals surface area contributed by atoms with E-state index in [1.165, 1.54) is 0 Å². The van der Waals surface area contributed by atoms with Crippen LogP contribution >= 0.6 is 0 Å². The molecule has 27 heavy (non-hydrogen) atoms. The smallest absolute Gasteiger partial charge is 0.259 e. The molecule has 0 aromatic carbocycles. The van der Waals surface area contributed by atoms with Crippen LogP contribution in [0.15, 0.2) is 29.0 Å². The molecule has 0 spiro atoms. The minimum Gasteiger partial charge on any atom is -0.467 e. The van der Waals surface area contributed by atoms with Crippen LogP contribution in [0.2, 0.25) is 0 Å². The van der Waals surface area contributed by atoms with Gasteiger partial charge in [0.25, 0.3) is 5.91 Å². The minimum absolute atomic E-state index is 0.0159. The Morgan fingerprint density at radius 3 is 2.78 bits per heavy atom. The Morgan fingerprint density at radius 2 is 2.11 bits per heavy atom. The van der Waals surface area contributed by atoms with Gasteiger partial charge in [0.1, 0.15) is 23.0 Å².